The molecular formula is C25H23BrN2O5S. The lowest BCUT2D eigenvalue weighted by Crippen LogP contribution is -2.47. The Morgan fingerprint density at radius 2 is 1.71 bits per heavy atom. The molecule has 1 aliphatic carbocycles. The molecule has 1 saturated heterocycles. The normalized spacial score (nSPS) is 16.7. The number of halogens is 1. The van der Waals surface area contributed by atoms with E-state index in [4.69, 9.17) is 14.6 Å². The highest BCUT2D eigenvalue weighted by Crippen LogP contribution is 2.45. The van der Waals surface area contributed by atoms with Crippen LogP contribution in [0.3, 0.4) is 0 Å². The molecule has 0 unspecified atom stereocenters. The highest BCUT2D eigenvalue weighted by molar-refractivity contribution is 9.10. The summed E-state index contributed by atoms with van der Waals surface area (Å²) in [5.41, 5.74) is 3.89. The number of thiazole rings is 1. The smallest absolute Gasteiger partial charge is 0.409 e. The fourth-order valence-electron chi connectivity index (χ4n) is 4.82. The van der Waals surface area contributed by atoms with Crippen LogP contribution in [0, 0.1) is 0 Å². The summed E-state index contributed by atoms with van der Waals surface area (Å²) in [4.78, 5) is 30.2. The van der Waals surface area contributed by atoms with Gasteiger partial charge in [0.1, 0.15) is 28.4 Å². The molecule has 34 heavy (non-hydrogen) atoms. The van der Waals surface area contributed by atoms with Crippen molar-refractivity contribution in [1.29, 1.82) is 0 Å². The number of carboxylic acids is 1. The van der Waals surface area contributed by atoms with Gasteiger partial charge in [0.15, 0.2) is 0 Å². The number of carbonyl (C=O) groups excluding carboxylic acids is 1. The van der Waals surface area contributed by atoms with Gasteiger partial charge in [-0.2, -0.15) is 0 Å². The van der Waals surface area contributed by atoms with Crippen molar-refractivity contribution >= 4 is 39.3 Å². The van der Waals surface area contributed by atoms with Crippen LogP contribution in [0.1, 0.15) is 34.9 Å². The minimum absolute atomic E-state index is 0.00630. The van der Waals surface area contributed by atoms with E-state index in [0.717, 1.165) is 0 Å². The number of hydrogen-bond donors (Lipinski definition) is 1. The van der Waals surface area contributed by atoms with E-state index in [2.05, 4.69) is 45.2 Å². The lowest BCUT2D eigenvalue weighted by atomic mass is 9.91. The molecule has 0 atom stereocenters. The average molecular weight is 543 g/mol. The number of amides is 1. The highest BCUT2D eigenvalue weighted by Gasteiger charge is 2.42. The number of fused-ring (bicyclic) bond motifs is 3. The third kappa shape index (κ3) is 4.35. The van der Waals surface area contributed by atoms with Gasteiger partial charge in [0.25, 0.3) is 0 Å². The number of carbonyl (C=O) groups is 2. The van der Waals surface area contributed by atoms with Crippen molar-refractivity contribution in [3.05, 3.63) is 74.6 Å². The molecule has 0 saturated carbocycles. The van der Waals surface area contributed by atoms with Crippen LogP contribution < -0.4 is 0 Å². The Morgan fingerprint density at radius 1 is 1.09 bits per heavy atom. The lowest BCUT2D eigenvalue weighted by molar-refractivity contribution is -0.154. The van der Waals surface area contributed by atoms with E-state index in [1.807, 2.05) is 29.6 Å². The van der Waals surface area contributed by atoms with Crippen LogP contribution >= 0.6 is 27.3 Å². The molecule has 176 valence electrons. The number of aromatic nitrogens is 1. The van der Waals surface area contributed by atoms with E-state index in [9.17, 15) is 9.59 Å². The summed E-state index contributed by atoms with van der Waals surface area (Å²) in [5, 5.41) is 11.7. The Morgan fingerprint density at radius 3 is 2.26 bits per heavy atom. The first-order chi connectivity index (χ1) is 16.5. The zero-order valence-corrected chi connectivity index (χ0v) is 20.7. The second-order valence-corrected chi connectivity index (χ2v) is 10.1. The molecule has 1 fully saturated rings. The van der Waals surface area contributed by atoms with Crippen LogP contribution in [0.2, 0.25) is 0 Å². The molecule has 0 radical (unpaired) electrons. The zero-order chi connectivity index (χ0) is 23.7. The first-order valence-electron chi connectivity index (χ1n) is 11.0. The molecule has 1 aliphatic heterocycles. The summed E-state index contributed by atoms with van der Waals surface area (Å²) >= 11 is 4.78. The Bertz CT molecular complexity index is 1180. The molecular weight excluding hydrogens is 520 g/mol. The number of carboxylic acid groups (broad SMARTS) is 1. The van der Waals surface area contributed by atoms with Crippen molar-refractivity contribution in [2.24, 2.45) is 0 Å². The van der Waals surface area contributed by atoms with Gasteiger partial charge in [-0.1, -0.05) is 48.5 Å². The van der Waals surface area contributed by atoms with Gasteiger partial charge >= 0.3 is 12.1 Å². The Labute approximate surface area is 209 Å². The minimum atomic E-state index is -1.03. The van der Waals surface area contributed by atoms with Crippen molar-refractivity contribution in [3.8, 4) is 11.1 Å². The number of benzene rings is 2. The Kier molecular flexibility index (Phi) is 6.42. The Hall–Kier alpha value is -2.75. The van der Waals surface area contributed by atoms with Crippen molar-refractivity contribution in [2.45, 2.75) is 24.4 Å². The molecule has 1 aromatic heterocycles. The molecule has 1 N–H and O–H groups in total. The molecule has 1 amide bonds. The lowest BCUT2D eigenvalue weighted by Gasteiger charge is -2.39. The van der Waals surface area contributed by atoms with Crippen LogP contribution in [0.4, 0.5) is 4.79 Å². The molecule has 2 aliphatic rings. The van der Waals surface area contributed by atoms with E-state index in [0.29, 0.717) is 35.5 Å². The van der Waals surface area contributed by atoms with Crippen LogP contribution in [-0.2, 0) is 19.9 Å². The quantitative estimate of drug-likeness (QED) is 0.457. The fraction of sp³-hybridized carbons (Fsp3) is 0.320. The Balaban J connectivity index is 1.25. The van der Waals surface area contributed by atoms with E-state index < -0.39 is 18.2 Å². The van der Waals surface area contributed by atoms with Crippen molar-refractivity contribution < 1.29 is 24.2 Å². The number of hydrogen-bond acceptors (Lipinski definition) is 6. The molecule has 0 bridgehead atoms. The monoisotopic (exact) mass is 542 g/mol. The molecule has 2 aromatic carbocycles. The zero-order valence-electron chi connectivity index (χ0n) is 18.3. The summed E-state index contributed by atoms with van der Waals surface area (Å²) < 4.78 is 12.3. The molecule has 3 aromatic rings. The van der Waals surface area contributed by atoms with Gasteiger partial charge in [-0.25, -0.2) is 14.6 Å². The van der Waals surface area contributed by atoms with Gasteiger partial charge in [0, 0.05) is 37.2 Å². The second kappa shape index (κ2) is 9.48. The first-order valence-corrected chi connectivity index (χ1v) is 12.7. The van der Waals surface area contributed by atoms with Crippen LogP contribution in [0.25, 0.3) is 11.1 Å². The standard InChI is InChI=1S/C25H23BrN2O5S/c26-21-15-34-23(27-21)25(33-14-22(29)30)9-11-28(12-10-25)24(31)32-13-20-18-7-3-1-5-16(18)17-6-2-4-8-19(17)20/h1-8,15,20H,9-14H2,(H,29,30). The van der Waals surface area contributed by atoms with Crippen molar-refractivity contribution in [3.63, 3.8) is 0 Å². The maximum atomic E-state index is 12.9. The fourth-order valence-corrected chi connectivity index (χ4v) is 6.28. The summed E-state index contributed by atoms with van der Waals surface area (Å²) in [6.45, 7) is 0.645. The van der Waals surface area contributed by atoms with E-state index >= 15 is 0 Å². The van der Waals surface area contributed by atoms with E-state index in [-0.39, 0.29) is 18.6 Å². The van der Waals surface area contributed by atoms with Gasteiger partial charge in [0.2, 0.25) is 0 Å². The number of rotatable bonds is 6. The summed E-state index contributed by atoms with van der Waals surface area (Å²) in [6, 6.07) is 16.5. The van der Waals surface area contributed by atoms with E-state index in [1.165, 1.54) is 33.6 Å². The molecule has 2 heterocycles. The number of piperidine rings is 1. The predicted octanol–water partition coefficient (Wildman–Crippen LogP) is 5.25. The third-order valence-electron chi connectivity index (χ3n) is 6.50. The van der Waals surface area contributed by atoms with Crippen molar-refractivity contribution in [2.75, 3.05) is 26.3 Å². The van der Waals surface area contributed by atoms with Gasteiger partial charge in [0.05, 0.1) is 0 Å². The van der Waals surface area contributed by atoms with Crippen molar-refractivity contribution in [1.82, 2.24) is 9.88 Å². The number of aliphatic carboxylic acids is 1. The molecule has 0 spiro atoms. The number of ether oxygens (including phenoxy) is 2. The van der Waals surface area contributed by atoms with E-state index in [1.54, 1.807) is 4.90 Å². The maximum absolute atomic E-state index is 12.9. The average Bonchev–Trinajstić information content (AvgIpc) is 3.43. The maximum Gasteiger partial charge on any atom is 0.409 e. The summed E-state index contributed by atoms with van der Waals surface area (Å²) in [5.74, 6) is -1.03. The van der Waals surface area contributed by atoms with Crippen LogP contribution in [0.5, 0.6) is 0 Å². The topological polar surface area (TPSA) is 89.0 Å². The predicted molar refractivity (Wildman–Crippen MR) is 131 cm³/mol. The molecule has 5 rings (SSSR count). The summed E-state index contributed by atoms with van der Waals surface area (Å²) in [7, 11) is 0. The van der Waals surface area contributed by atoms with Crippen LogP contribution in [0.15, 0.2) is 58.5 Å². The van der Waals surface area contributed by atoms with Gasteiger partial charge in [-0.15, -0.1) is 11.3 Å². The third-order valence-corrected chi connectivity index (χ3v) is 8.24. The summed E-state index contributed by atoms with van der Waals surface area (Å²) in [6.07, 6.45) is 0.531. The number of likely N-dealkylation sites (tertiary alicyclic amines) is 1. The molecule has 7 nitrogen and oxygen atoms in total. The molecule has 9 heteroatoms. The second-order valence-electron chi connectivity index (χ2n) is 8.44. The van der Waals surface area contributed by atoms with Gasteiger partial charge < -0.3 is 19.5 Å². The van der Waals surface area contributed by atoms with Crippen LogP contribution in [-0.4, -0.2) is 53.4 Å². The highest BCUT2D eigenvalue weighted by atomic mass is 79.9. The number of nitrogens with zero attached hydrogens (tertiary/aromatic N) is 2. The van der Waals surface area contributed by atoms with Gasteiger partial charge in [-0.05, 0) is 38.2 Å². The largest absolute Gasteiger partial charge is 0.480 e. The van der Waals surface area contributed by atoms with Gasteiger partial charge in [-0.3, -0.25) is 0 Å². The first kappa shape index (κ1) is 23.0. The minimum Gasteiger partial charge on any atom is -0.480 e. The SMILES string of the molecule is O=C(O)COC1(c2nc(Br)cs2)CCN(C(=O)OCC2c3ccccc3-c3ccccc32)CC1.